The topological polar surface area (TPSA) is 71.1 Å². The van der Waals surface area contributed by atoms with E-state index in [1.165, 1.54) is 0 Å². The average Bonchev–Trinajstić information content (AvgIpc) is 2.74. The summed E-state index contributed by atoms with van der Waals surface area (Å²) in [7, 11) is 0. The third-order valence-electron chi connectivity index (χ3n) is 8.74. The first-order valence-corrected chi connectivity index (χ1v) is 12.9. The average molecular weight is 493 g/mol. The van der Waals surface area contributed by atoms with Crippen molar-refractivity contribution in [2.24, 2.45) is 23.7 Å². The highest BCUT2D eigenvalue weighted by Crippen LogP contribution is 2.65. The molecule has 0 radical (unpaired) electrons. The van der Waals surface area contributed by atoms with Gasteiger partial charge >= 0.3 is 11.9 Å². The Morgan fingerprint density at radius 3 is 1.67 bits per heavy atom. The predicted molar refractivity (Wildman–Crippen MR) is 136 cm³/mol. The van der Waals surface area contributed by atoms with Gasteiger partial charge in [0, 0.05) is 23.5 Å². The third-order valence-corrected chi connectivity index (χ3v) is 8.74. The van der Waals surface area contributed by atoms with Crippen molar-refractivity contribution in [2.45, 2.75) is 78.4 Å². The number of esters is 2. The van der Waals surface area contributed by atoms with Crippen LogP contribution in [-0.4, -0.2) is 23.1 Å². The van der Waals surface area contributed by atoms with E-state index in [1.54, 1.807) is 12.1 Å². The molecule has 3 aliphatic rings. The summed E-state index contributed by atoms with van der Waals surface area (Å²) in [5.74, 6) is 0.812. The molecular formula is C30H36O6. The van der Waals surface area contributed by atoms with Crippen molar-refractivity contribution in [3.05, 3.63) is 47.5 Å². The Bertz CT molecular complexity index is 1220. The van der Waals surface area contributed by atoms with Gasteiger partial charge in [-0.3, -0.25) is 9.59 Å². The second kappa shape index (κ2) is 8.25. The third kappa shape index (κ3) is 3.86. The van der Waals surface area contributed by atoms with Crippen molar-refractivity contribution in [1.29, 1.82) is 0 Å². The van der Waals surface area contributed by atoms with Crippen LogP contribution in [0.5, 0.6) is 23.0 Å². The van der Waals surface area contributed by atoms with Crippen LogP contribution in [0.25, 0.3) is 0 Å². The lowest BCUT2D eigenvalue weighted by atomic mass is 9.51. The Labute approximate surface area is 213 Å². The minimum atomic E-state index is -0.563. The fraction of sp³-hybridized carbons (Fsp3) is 0.533. The van der Waals surface area contributed by atoms with Gasteiger partial charge in [0.05, 0.1) is 11.8 Å². The molecule has 0 amide bonds. The van der Waals surface area contributed by atoms with E-state index in [-0.39, 0.29) is 35.0 Å². The molecule has 1 fully saturated rings. The molecule has 2 aliphatic heterocycles. The molecule has 4 atom stereocenters. The summed E-state index contributed by atoms with van der Waals surface area (Å²) in [6.45, 7) is 16.7. The number of benzene rings is 2. The van der Waals surface area contributed by atoms with E-state index in [9.17, 15) is 9.59 Å². The first-order valence-electron chi connectivity index (χ1n) is 12.9. The zero-order chi connectivity index (χ0) is 26.2. The van der Waals surface area contributed by atoms with Crippen molar-refractivity contribution in [1.82, 2.24) is 0 Å². The van der Waals surface area contributed by atoms with Gasteiger partial charge in [-0.2, -0.15) is 0 Å². The molecule has 2 aromatic carbocycles. The molecule has 6 nitrogen and oxygen atoms in total. The van der Waals surface area contributed by atoms with Crippen molar-refractivity contribution < 1.29 is 28.5 Å². The summed E-state index contributed by atoms with van der Waals surface area (Å²) in [6.07, 6.45) is 0. The van der Waals surface area contributed by atoms with Gasteiger partial charge in [-0.05, 0) is 69.4 Å². The summed E-state index contributed by atoms with van der Waals surface area (Å²) in [5.41, 5.74) is 1.09. The number of rotatable bonds is 6. The molecular weight excluding hydrogens is 456 g/mol. The maximum absolute atomic E-state index is 13.1. The van der Waals surface area contributed by atoms with Crippen LogP contribution in [0.15, 0.2) is 36.4 Å². The fourth-order valence-corrected chi connectivity index (χ4v) is 5.19. The maximum atomic E-state index is 13.1. The lowest BCUT2D eigenvalue weighted by Gasteiger charge is -2.53. The van der Waals surface area contributed by atoms with Crippen molar-refractivity contribution in [3.63, 3.8) is 0 Å². The molecule has 0 aromatic heterocycles. The molecule has 0 N–H and O–H groups in total. The van der Waals surface area contributed by atoms with Gasteiger partial charge in [0.1, 0.15) is 34.2 Å². The quantitative estimate of drug-likeness (QED) is 0.350. The summed E-state index contributed by atoms with van der Waals surface area (Å²) < 4.78 is 23.9. The summed E-state index contributed by atoms with van der Waals surface area (Å²) in [4.78, 5) is 26.0. The highest BCUT2D eigenvalue weighted by Gasteiger charge is 2.64. The van der Waals surface area contributed by atoms with Gasteiger partial charge in [-0.15, -0.1) is 0 Å². The smallest absolute Gasteiger partial charge is 0.315 e. The second-order valence-corrected chi connectivity index (χ2v) is 12.1. The van der Waals surface area contributed by atoms with E-state index >= 15 is 0 Å². The van der Waals surface area contributed by atoms with Crippen LogP contribution in [0.1, 0.15) is 78.4 Å². The van der Waals surface area contributed by atoms with Gasteiger partial charge < -0.3 is 18.9 Å². The second-order valence-electron chi connectivity index (χ2n) is 12.1. The molecule has 36 heavy (non-hydrogen) atoms. The van der Waals surface area contributed by atoms with Crippen LogP contribution < -0.4 is 18.9 Å². The summed E-state index contributed by atoms with van der Waals surface area (Å²) in [5, 5.41) is 0. The lowest BCUT2D eigenvalue weighted by molar-refractivity contribution is -0.165. The molecule has 2 aromatic rings. The first kappa shape index (κ1) is 24.7. The number of hydrogen-bond donors (Lipinski definition) is 0. The van der Waals surface area contributed by atoms with E-state index in [0.717, 1.165) is 16.9 Å². The van der Waals surface area contributed by atoms with Crippen LogP contribution in [0.3, 0.4) is 0 Å². The molecule has 1 aliphatic carbocycles. The lowest BCUT2D eigenvalue weighted by Crippen LogP contribution is -2.57. The number of ether oxygens (including phenoxy) is 4. The van der Waals surface area contributed by atoms with Crippen LogP contribution >= 0.6 is 0 Å². The zero-order valence-electron chi connectivity index (χ0n) is 22.4. The molecule has 1 saturated carbocycles. The highest BCUT2D eigenvalue weighted by atomic mass is 16.6. The molecule has 0 bridgehead atoms. The van der Waals surface area contributed by atoms with E-state index in [1.807, 2.05) is 38.1 Å². The van der Waals surface area contributed by atoms with E-state index in [2.05, 4.69) is 41.5 Å². The Kier molecular flexibility index (Phi) is 5.66. The van der Waals surface area contributed by atoms with Crippen LogP contribution in [0.4, 0.5) is 0 Å². The fourth-order valence-electron chi connectivity index (χ4n) is 5.19. The van der Waals surface area contributed by atoms with Crippen LogP contribution in [-0.2, 0) is 9.59 Å². The van der Waals surface area contributed by atoms with Crippen LogP contribution in [0.2, 0.25) is 0 Å². The minimum Gasteiger partial charge on any atom is -0.488 e. The van der Waals surface area contributed by atoms with E-state index in [4.69, 9.17) is 18.9 Å². The Morgan fingerprint density at radius 1 is 0.639 bits per heavy atom. The summed E-state index contributed by atoms with van der Waals surface area (Å²) in [6, 6.07) is 11.3. The van der Waals surface area contributed by atoms with Gasteiger partial charge in [-0.1, -0.05) is 33.8 Å². The molecule has 5 rings (SSSR count). The SMILES string of the molecule is CC(C)C(C)(C)Oc1ccc2c(c1)OC(=O)C1C3C(=O)Oc4ccc(OC(C)(C)C(C)C)cc4C3C21. The summed E-state index contributed by atoms with van der Waals surface area (Å²) >= 11 is 0. The maximum Gasteiger partial charge on any atom is 0.315 e. The standard InChI is InChI=1S/C30H36O6/c1-15(2)29(5,6)35-17-10-12-21-20(13-17)24-23-19-11-9-18(36-30(7,8)16(3)4)14-22(19)34-28(32)25(23)26(24)27(31)33-21/h9-16,23-26H,1-8H3. The Morgan fingerprint density at radius 2 is 1.11 bits per heavy atom. The Balaban J connectivity index is 1.51. The normalized spacial score (nSPS) is 24.6. The Hall–Kier alpha value is -3.02. The minimum absolute atomic E-state index is 0.168. The molecule has 2 heterocycles. The molecule has 6 heteroatoms. The molecule has 0 saturated heterocycles. The molecule has 4 unspecified atom stereocenters. The first-order chi connectivity index (χ1) is 16.8. The zero-order valence-corrected chi connectivity index (χ0v) is 22.4. The molecule has 192 valence electrons. The van der Waals surface area contributed by atoms with Crippen molar-refractivity contribution in [3.8, 4) is 23.0 Å². The number of carbonyl (C=O) groups is 2. The van der Waals surface area contributed by atoms with Crippen molar-refractivity contribution in [2.75, 3.05) is 0 Å². The van der Waals surface area contributed by atoms with Crippen LogP contribution in [0, 0.1) is 23.7 Å². The number of hydrogen-bond acceptors (Lipinski definition) is 6. The van der Waals surface area contributed by atoms with Gasteiger partial charge in [0.2, 0.25) is 0 Å². The number of carbonyl (C=O) groups excluding carboxylic acids is 2. The van der Waals surface area contributed by atoms with Crippen molar-refractivity contribution >= 4 is 11.9 Å². The number of fused-ring (bicyclic) bond motifs is 8. The highest BCUT2D eigenvalue weighted by molar-refractivity contribution is 5.92. The van der Waals surface area contributed by atoms with E-state index in [0.29, 0.717) is 29.1 Å². The van der Waals surface area contributed by atoms with Gasteiger partial charge in [0.25, 0.3) is 0 Å². The monoisotopic (exact) mass is 492 g/mol. The van der Waals surface area contributed by atoms with Gasteiger partial charge in [-0.25, -0.2) is 0 Å². The van der Waals surface area contributed by atoms with Gasteiger partial charge in [0.15, 0.2) is 0 Å². The molecule has 0 spiro atoms. The van der Waals surface area contributed by atoms with E-state index < -0.39 is 11.8 Å². The largest absolute Gasteiger partial charge is 0.488 e. The predicted octanol–water partition coefficient (Wildman–Crippen LogP) is 6.26.